The highest BCUT2D eigenvalue weighted by Gasteiger charge is 2.21. The monoisotopic (exact) mass is 241 g/mol. The first kappa shape index (κ1) is 13.3. The maximum atomic E-state index is 6.03. The summed E-state index contributed by atoms with van der Waals surface area (Å²) in [6, 6.07) is 5.61. The summed E-state index contributed by atoms with van der Waals surface area (Å²) in [5.74, 6) is 0.851. The van der Waals surface area contributed by atoms with E-state index in [1.807, 2.05) is 25.1 Å². The van der Waals surface area contributed by atoms with Crippen LogP contribution in [-0.2, 0) is 0 Å². The van der Waals surface area contributed by atoms with Gasteiger partial charge in [0, 0.05) is 11.1 Å². The van der Waals surface area contributed by atoms with Gasteiger partial charge in [-0.3, -0.25) is 0 Å². The van der Waals surface area contributed by atoms with Crippen molar-refractivity contribution in [1.82, 2.24) is 0 Å². The molecule has 1 unspecified atom stereocenters. The predicted molar refractivity (Wildman–Crippen MR) is 69.1 cm³/mol. The number of hydrogen-bond acceptors (Lipinski definition) is 2. The molecule has 90 valence electrons. The zero-order chi connectivity index (χ0) is 12.3. The fourth-order valence-corrected chi connectivity index (χ4v) is 1.43. The molecule has 0 aliphatic heterocycles. The molecule has 0 saturated carbocycles. The molecule has 1 aromatic rings. The molecule has 0 amide bonds. The Labute approximate surface area is 103 Å². The van der Waals surface area contributed by atoms with E-state index in [-0.39, 0.29) is 11.5 Å². The van der Waals surface area contributed by atoms with Crippen LogP contribution in [0.1, 0.15) is 26.3 Å². The largest absolute Gasteiger partial charge is 0.492 e. The molecule has 0 radical (unpaired) electrons. The van der Waals surface area contributed by atoms with Gasteiger partial charge in [0.05, 0.1) is 0 Å². The Morgan fingerprint density at radius 1 is 1.38 bits per heavy atom. The number of nitrogens with two attached hydrogens (primary N) is 1. The molecule has 0 bridgehead atoms. The van der Waals surface area contributed by atoms with Crippen LogP contribution in [0.2, 0.25) is 5.02 Å². The first-order valence-corrected chi connectivity index (χ1v) is 5.83. The van der Waals surface area contributed by atoms with Gasteiger partial charge in [-0.1, -0.05) is 32.4 Å². The Morgan fingerprint density at radius 3 is 2.50 bits per heavy atom. The molecular weight excluding hydrogens is 222 g/mol. The minimum absolute atomic E-state index is 0.0163. The molecular formula is C13H20ClNO. The summed E-state index contributed by atoms with van der Waals surface area (Å²) in [5, 5.41) is 0.727. The summed E-state index contributed by atoms with van der Waals surface area (Å²) >= 11 is 5.87. The Hall–Kier alpha value is -0.730. The molecule has 1 aromatic carbocycles. The molecule has 0 aliphatic rings. The van der Waals surface area contributed by atoms with Crippen LogP contribution >= 0.6 is 11.6 Å². The van der Waals surface area contributed by atoms with Crippen molar-refractivity contribution in [1.29, 1.82) is 0 Å². The van der Waals surface area contributed by atoms with E-state index in [9.17, 15) is 0 Å². The van der Waals surface area contributed by atoms with Gasteiger partial charge in [-0.25, -0.2) is 0 Å². The lowest BCUT2D eigenvalue weighted by atomic mass is 9.88. The van der Waals surface area contributed by atoms with Gasteiger partial charge in [-0.05, 0) is 36.1 Å². The van der Waals surface area contributed by atoms with Crippen LogP contribution in [0.5, 0.6) is 5.75 Å². The van der Waals surface area contributed by atoms with Crippen LogP contribution in [0.4, 0.5) is 0 Å². The third-order valence-corrected chi connectivity index (χ3v) is 2.90. The average molecular weight is 242 g/mol. The van der Waals surface area contributed by atoms with Gasteiger partial charge in [0.25, 0.3) is 0 Å². The zero-order valence-electron chi connectivity index (χ0n) is 10.4. The molecule has 0 saturated heterocycles. The Kier molecular flexibility index (Phi) is 4.22. The molecule has 16 heavy (non-hydrogen) atoms. The van der Waals surface area contributed by atoms with Gasteiger partial charge in [0.15, 0.2) is 0 Å². The second-order valence-electron chi connectivity index (χ2n) is 5.19. The van der Waals surface area contributed by atoms with Crippen LogP contribution in [0.15, 0.2) is 18.2 Å². The molecule has 1 rings (SSSR count). The van der Waals surface area contributed by atoms with Crippen molar-refractivity contribution in [3.63, 3.8) is 0 Å². The summed E-state index contributed by atoms with van der Waals surface area (Å²) in [4.78, 5) is 0. The van der Waals surface area contributed by atoms with E-state index in [0.29, 0.717) is 6.61 Å². The third-order valence-electron chi connectivity index (χ3n) is 2.67. The van der Waals surface area contributed by atoms with Gasteiger partial charge >= 0.3 is 0 Å². The lowest BCUT2D eigenvalue weighted by Crippen LogP contribution is -2.40. The van der Waals surface area contributed by atoms with E-state index in [2.05, 4.69) is 20.8 Å². The Balaban J connectivity index is 2.62. The van der Waals surface area contributed by atoms with Gasteiger partial charge in [0.2, 0.25) is 0 Å². The fourth-order valence-electron chi connectivity index (χ4n) is 1.20. The van der Waals surface area contributed by atoms with E-state index < -0.39 is 0 Å². The van der Waals surface area contributed by atoms with Crippen LogP contribution < -0.4 is 10.5 Å². The quantitative estimate of drug-likeness (QED) is 0.880. The molecule has 1 atom stereocenters. The fraction of sp³-hybridized carbons (Fsp3) is 0.538. The minimum Gasteiger partial charge on any atom is -0.492 e. The summed E-state index contributed by atoms with van der Waals surface area (Å²) in [7, 11) is 0. The second-order valence-corrected chi connectivity index (χ2v) is 5.63. The lowest BCUT2D eigenvalue weighted by Gasteiger charge is -2.27. The van der Waals surface area contributed by atoms with Crippen LogP contribution in [0.25, 0.3) is 0 Å². The van der Waals surface area contributed by atoms with Crippen molar-refractivity contribution in [2.24, 2.45) is 11.1 Å². The van der Waals surface area contributed by atoms with E-state index >= 15 is 0 Å². The van der Waals surface area contributed by atoms with Crippen molar-refractivity contribution in [2.75, 3.05) is 6.61 Å². The normalized spacial score (nSPS) is 13.6. The maximum Gasteiger partial charge on any atom is 0.122 e. The van der Waals surface area contributed by atoms with E-state index in [1.54, 1.807) is 0 Å². The smallest absolute Gasteiger partial charge is 0.122 e. The Bertz CT molecular complexity index is 357. The number of rotatable bonds is 3. The molecule has 0 spiro atoms. The minimum atomic E-state index is 0.0163. The maximum absolute atomic E-state index is 6.03. The molecule has 0 aromatic heterocycles. The van der Waals surface area contributed by atoms with E-state index in [0.717, 1.165) is 16.3 Å². The van der Waals surface area contributed by atoms with Crippen molar-refractivity contribution in [3.8, 4) is 5.75 Å². The number of aryl methyl sites for hydroxylation is 1. The van der Waals surface area contributed by atoms with Gasteiger partial charge in [-0.2, -0.15) is 0 Å². The molecule has 0 heterocycles. The molecule has 0 aliphatic carbocycles. The van der Waals surface area contributed by atoms with Gasteiger partial charge in [0.1, 0.15) is 12.4 Å². The van der Waals surface area contributed by atoms with E-state index in [4.69, 9.17) is 22.1 Å². The lowest BCUT2D eigenvalue weighted by molar-refractivity contribution is 0.204. The molecule has 2 nitrogen and oxygen atoms in total. The summed E-state index contributed by atoms with van der Waals surface area (Å²) in [5.41, 5.74) is 7.12. The van der Waals surface area contributed by atoms with Gasteiger partial charge < -0.3 is 10.5 Å². The van der Waals surface area contributed by atoms with E-state index in [1.165, 1.54) is 0 Å². The topological polar surface area (TPSA) is 35.2 Å². The Morgan fingerprint density at radius 2 is 2.00 bits per heavy atom. The van der Waals surface area contributed by atoms with Crippen molar-refractivity contribution < 1.29 is 4.74 Å². The van der Waals surface area contributed by atoms with Gasteiger partial charge in [-0.15, -0.1) is 0 Å². The number of benzene rings is 1. The highest BCUT2D eigenvalue weighted by atomic mass is 35.5. The summed E-state index contributed by atoms with van der Waals surface area (Å²) < 4.78 is 5.70. The molecule has 0 fully saturated rings. The highest BCUT2D eigenvalue weighted by Crippen LogP contribution is 2.23. The van der Waals surface area contributed by atoms with Crippen molar-refractivity contribution >= 4 is 11.6 Å². The molecule has 2 N–H and O–H groups in total. The van der Waals surface area contributed by atoms with Crippen molar-refractivity contribution in [3.05, 3.63) is 28.8 Å². The number of halogens is 1. The van der Waals surface area contributed by atoms with Crippen LogP contribution in [0, 0.1) is 12.3 Å². The van der Waals surface area contributed by atoms with Crippen LogP contribution in [-0.4, -0.2) is 12.6 Å². The highest BCUT2D eigenvalue weighted by molar-refractivity contribution is 6.30. The SMILES string of the molecule is Cc1cc(Cl)ccc1OCC(N)C(C)(C)C. The third kappa shape index (κ3) is 3.69. The predicted octanol–water partition coefficient (Wildman–Crippen LogP) is 3.40. The number of hydrogen-bond donors (Lipinski definition) is 1. The van der Waals surface area contributed by atoms with Crippen molar-refractivity contribution in [2.45, 2.75) is 33.7 Å². The number of ether oxygens (including phenoxy) is 1. The average Bonchev–Trinajstić information content (AvgIpc) is 2.14. The first-order chi connectivity index (χ1) is 7.30. The standard InChI is InChI=1S/C13H20ClNO/c1-9-7-10(14)5-6-11(9)16-8-12(15)13(2,3)4/h5-7,12H,8,15H2,1-4H3. The molecule has 3 heteroatoms. The van der Waals surface area contributed by atoms with Crippen LogP contribution in [0.3, 0.4) is 0 Å². The summed E-state index contributed by atoms with van der Waals surface area (Å²) in [6.07, 6.45) is 0. The zero-order valence-corrected chi connectivity index (χ0v) is 11.1. The summed E-state index contributed by atoms with van der Waals surface area (Å²) in [6.45, 7) is 8.82. The first-order valence-electron chi connectivity index (χ1n) is 5.45. The second kappa shape index (κ2) is 5.07.